The van der Waals surface area contributed by atoms with Crippen molar-refractivity contribution in [1.29, 1.82) is 0 Å². The topological polar surface area (TPSA) is 35.6 Å². The van der Waals surface area contributed by atoms with Gasteiger partial charge in [0, 0.05) is 44.8 Å². The van der Waals surface area contributed by atoms with Crippen molar-refractivity contribution in [2.24, 2.45) is 0 Å². The number of hydrogen-bond acceptors (Lipinski definition) is 3. The Labute approximate surface area is 120 Å². The van der Waals surface area contributed by atoms with E-state index in [1.165, 1.54) is 5.56 Å². The molecule has 0 bridgehead atoms. The molecule has 1 aromatic carbocycles. The summed E-state index contributed by atoms with van der Waals surface area (Å²) >= 11 is 0. The summed E-state index contributed by atoms with van der Waals surface area (Å²) in [6, 6.07) is 8.01. The summed E-state index contributed by atoms with van der Waals surface area (Å²) in [7, 11) is 0. The summed E-state index contributed by atoms with van der Waals surface area (Å²) in [5.74, 6) is 0.215. The molecule has 0 saturated carbocycles. The van der Waals surface area contributed by atoms with Crippen LogP contribution in [0, 0.1) is 0 Å². The maximum absolute atomic E-state index is 12.4. The molecule has 1 amide bonds. The van der Waals surface area contributed by atoms with E-state index in [-0.39, 0.29) is 5.91 Å². The molecule has 4 heteroatoms. The Bertz CT molecular complexity index is 469. The lowest BCUT2D eigenvalue weighted by molar-refractivity contribution is 0.0730. The first kappa shape index (κ1) is 13.6. The number of amides is 1. The Balaban J connectivity index is 1.50. The van der Waals surface area contributed by atoms with Gasteiger partial charge in [0.1, 0.15) is 0 Å². The molecule has 4 nitrogen and oxygen atoms in total. The zero-order chi connectivity index (χ0) is 13.8. The summed E-state index contributed by atoms with van der Waals surface area (Å²) in [5, 5.41) is 3.37. The second-order valence-corrected chi connectivity index (χ2v) is 5.64. The summed E-state index contributed by atoms with van der Waals surface area (Å²) < 4.78 is 0. The van der Waals surface area contributed by atoms with Crippen molar-refractivity contribution in [3.63, 3.8) is 0 Å². The van der Waals surface area contributed by atoms with E-state index in [2.05, 4.69) is 16.3 Å². The number of fused-ring (bicyclic) bond motifs is 1. The fourth-order valence-corrected chi connectivity index (χ4v) is 3.11. The van der Waals surface area contributed by atoms with Crippen molar-refractivity contribution < 1.29 is 4.79 Å². The van der Waals surface area contributed by atoms with Crippen molar-refractivity contribution in [1.82, 2.24) is 15.1 Å². The molecule has 2 aliphatic heterocycles. The maximum atomic E-state index is 12.4. The van der Waals surface area contributed by atoms with Gasteiger partial charge in [-0.1, -0.05) is 18.2 Å². The van der Waals surface area contributed by atoms with Gasteiger partial charge < -0.3 is 15.1 Å². The lowest BCUT2D eigenvalue weighted by Crippen LogP contribution is -2.45. The highest BCUT2D eigenvalue weighted by Crippen LogP contribution is 2.18. The van der Waals surface area contributed by atoms with E-state index in [1.54, 1.807) is 0 Å². The summed E-state index contributed by atoms with van der Waals surface area (Å²) in [6.07, 6.45) is 2.07. The second-order valence-electron chi connectivity index (χ2n) is 5.64. The van der Waals surface area contributed by atoms with Crippen LogP contribution in [0.2, 0.25) is 0 Å². The number of hydrogen-bond donors (Lipinski definition) is 1. The van der Waals surface area contributed by atoms with Crippen LogP contribution in [0.1, 0.15) is 22.3 Å². The molecule has 20 heavy (non-hydrogen) atoms. The van der Waals surface area contributed by atoms with E-state index < -0.39 is 0 Å². The Morgan fingerprint density at radius 2 is 1.85 bits per heavy atom. The van der Waals surface area contributed by atoms with Crippen LogP contribution in [0.15, 0.2) is 24.3 Å². The molecular weight excluding hydrogens is 250 g/mol. The smallest absolute Gasteiger partial charge is 0.254 e. The molecule has 1 aromatic rings. The van der Waals surface area contributed by atoms with Crippen LogP contribution in [0.4, 0.5) is 0 Å². The largest absolute Gasteiger partial charge is 0.338 e. The number of benzene rings is 1. The van der Waals surface area contributed by atoms with E-state index in [4.69, 9.17) is 0 Å². The van der Waals surface area contributed by atoms with Gasteiger partial charge in [-0.15, -0.1) is 0 Å². The monoisotopic (exact) mass is 273 g/mol. The van der Waals surface area contributed by atoms with Crippen LogP contribution in [-0.4, -0.2) is 61.5 Å². The summed E-state index contributed by atoms with van der Waals surface area (Å²) in [6.45, 7) is 7.32. The van der Waals surface area contributed by atoms with Gasteiger partial charge in [-0.05, 0) is 31.0 Å². The summed E-state index contributed by atoms with van der Waals surface area (Å²) in [5.41, 5.74) is 2.11. The predicted molar refractivity (Wildman–Crippen MR) is 80.0 cm³/mol. The van der Waals surface area contributed by atoms with E-state index in [9.17, 15) is 4.79 Å². The third kappa shape index (κ3) is 3.02. The molecular formula is C16H23N3O. The molecule has 0 atom stereocenters. The minimum atomic E-state index is 0.215. The highest BCUT2D eigenvalue weighted by atomic mass is 16.2. The Morgan fingerprint density at radius 3 is 2.70 bits per heavy atom. The molecule has 2 heterocycles. The highest BCUT2D eigenvalue weighted by molar-refractivity contribution is 5.96. The van der Waals surface area contributed by atoms with E-state index in [0.717, 1.165) is 64.2 Å². The Kier molecular flexibility index (Phi) is 4.33. The second kappa shape index (κ2) is 6.37. The Morgan fingerprint density at radius 1 is 1.05 bits per heavy atom. The highest BCUT2D eigenvalue weighted by Gasteiger charge is 2.23. The van der Waals surface area contributed by atoms with Crippen LogP contribution in [0.25, 0.3) is 0 Å². The van der Waals surface area contributed by atoms with Gasteiger partial charge >= 0.3 is 0 Å². The number of nitrogens with one attached hydrogen (secondary N) is 1. The van der Waals surface area contributed by atoms with E-state index in [1.807, 2.05) is 23.1 Å². The lowest BCUT2D eigenvalue weighted by Gasteiger charge is -2.31. The quantitative estimate of drug-likeness (QED) is 0.888. The molecule has 0 radical (unpaired) electrons. The molecule has 108 valence electrons. The molecule has 0 spiro atoms. The molecule has 1 N–H and O–H groups in total. The normalized spacial score (nSPS) is 20.0. The fourth-order valence-electron chi connectivity index (χ4n) is 3.11. The molecule has 0 aliphatic carbocycles. The predicted octanol–water partition coefficient (Wildman–Crippen LogP) is 0.980. The molecule has 0 unspecified atom stereocenters. The number of carbonyl (C=O) groups excluding carboxylic acids is 1. The van der Waals surface area contributed by atoms with Crippen LogP contribution >= 0.6 is 0 Å². The Hall–Kier alpha value is -1.39. The minimum absolute atomic E-state index is 0.215. The zero-order valence-corrected chi connectivity index (χ0v) is 12.0. The van der Waals surface area contributed by atoms with Crippen LogP contribution in [0.3, 0.4) is 0 Å². The van der Waals surface area contributed by atoms with Gasteiger partial charge in [0.05, 0.1) is 0 Å². The van der Waals surface area contributed by atoms with Crippen LogP contribution in [0.5, 0.6) is 0 Å². The molecule has 3 rings (SSSR count). The molecule has 1 fully saturated rings. The van der Waals surface area contributed by atoms with E-state index in [0.29, 0.717) is 0 Å². The minimum Gasteiger partial charge on any atom is -0.338 e. The summed E-state index contributed by atoms with van der Waals surface area (Å²) in [4.78, 5) is 16.9. The molecule has 0 aromatic heterocycles. The van der Waals surface area contributed by atoms with Gasteiger partial charge in [-0.3, -0.25) is 4.79 Å². The average Bonchev–Trinajstić information content (AvgIpc) is 2.51. The van der Waals surface area contributed by atoms with Gasteiger partial charge in [0.2, 0.25) is 0 Å². The number of rotatable bonds is 4. The zero-order valence-electron chi connectivity index (χ0n) is 12.0. The maximum Gasteiger partial charge on any atom is 0.254 e. The van der Waals surface area contributed by atoms with Gasteiger partial charge in [-0.2, -0.15) is 0 Å². The van der Waals surface area contributed by atoms with E-state index >= 15 is 0 Å². The lowest BCUT2D eigenvalue weighted by atomic mass is 9.99. The molecule has 2 aliphatic rings. The van der Waals surface area contributed by atoms with Gasteiger partial charge in [-0.25, -0.2) is 0 Å². The van der Waals surface area contributed by atoms with Crippen molar-refractivity contribution >= 4 is 5.91 Å². The number of carbonyl (C=O) groups is 1. The van der Waals surface area contributed by atoms with Crippen molar-refractivity contribution in [3.8, 4) is 0 Å². The first-order valence-electron chi connectivity index (χ1n) is 7.65. The van der Waals surface area contributed by atoms with Crippen LogP contribution in [-0.2, 0) is 6.42 Å². The van der Waals surface area contributed by atoms with Crippen LogP contribution < -0.4 is 5.32 Å². The average molecular weight is 273 g/mol. The van der Waals surface area contributed by atoms with Crippen molar-refractivity contribution in [2.45, 2.75) is 12.8 Å². The SMILES string of the molecule is O=C1c2ccccc2CCN1CCCN1CCNCC1. The molecule has 1 saturated heterocycles. The number of piperazine rings is 1. The van der Waals surface area contributed by atoms with Crippen molar-refractivity contribution in [2.75, 3.05) is 45.8 Å². The first-order chi connectivity index (χ1) is 9.84. The standard InChI is InChI=1S/C16H23N3O/c20-16-15-5-2-1-4-14(15)6-11-19(16)10-3-9-18-12-7-17-8-13-18/h1-2,4-5,17H,3,6-13H2. The van der Waals surface area contributed by atoms with Gasteiger partial charge in [0.15, 0.2) is 0 Å². The third-order valence-electron chi connectivity index (χ3n) is 4.30. The van der Waals surface area contributed by atoms with Crippen molar-refractivity contribution in [3.05, 3.63) is 35.4 Å². The third-order valence-corrected chi connectivity index (χ3v) is 4.30. The first-order valence-corrected chi connectivity index (χ1v) is 7.65. The fraction of sp³-hybridized carbons (Fsp3) is 0.562. The number of nitrogens with zero attached hydrogens (tertiary/aromatic N) is 2. The van der Waals surface area contributed by atoms with Gasteiger partial charge in [0.25, 0.3) is 5.91 Å².